The van der Waals surface area contributed by atoms with Gasteiger partial charge in [0.2, 0.25) is 5.43 Å². The van der Waals surface area contributed by atoms with Crippen molar-refractivity contribution in [3.8, 4) is 23.0 Å². The van der Waals surface area contributed by atoms with Crippen LogP contribution in [-0.2, 0) is 0 Å². The summed E-state index contributed by atoms with van der Waals surface area (Å²) in [6, 6.07) is 18.9. The maximum atomic E-state index is 12.8. The van der Waals surface area contributed by atoms with Crippen LogP contribution in [0.1, 0.15) is 189 Å². The van der Waals surface area contributed by atoms with Gasteiger partial charge in [-0.3, -0.25) is 4.79 Å². The van der Waals surface area contributed by atoms with E-state index in [9.17, 15) is 14.4 Å². The lowest BCUT2D eigenvalue weighted by Gasteiger charge is -2.08. The molecule has 0 bridgehead atoms. The van der Waals surface area contributed by atoms with E-state index in [-0.39, 0.29) is 11.5 Å². The van der Waals surface area contributed by atoms with Crippen LogP contribution in [0.25, 0.3) is 0 Å². The maximum Gasteiger partial charge on any atom is 0.343 e. The highest BCUT2D eigenvalue weighted by molar-refractivity contribution is 5.92. The summed E-state index contributed by atoms with van der Waals surface area (Å²) in [7, 11) is 0. The highest BCUT2D eigenvalue weighted by Crippen LogP contribution is 2.20. The summed E-state index contributed by atoms with van der Waals surface area (Å²) in [6.07, 6.45) is 31.1. The zero-order valence-corrected chi connectivity index (χ0v) is 34.7. The number of benzene rings is 2. The van der Waals surface area contributed by atoms with Gasteiger partial charge in [0, 0.05) is 0 Å². The van der Waals surface area contributed by atoms with Gasteiger partial charge < -0.3 is 18.9 Å². The van der Waals surface area contributed by atoms with Crippen molar-refractivity contribution in [2.45, 2.75) is 168 Å². The molecule has 0 spiro atoms. The molecular weight excluding hydrogens is 701 g/mol. The van der Waals surface area contributed by atoms with Crippen molar-refractivity contribution in [1.82, 2.24) is 0 Å². The van der Waals surface area contributed by atoms with Crippen LogP contribution in [-0.4, -0.2) is 25.2 Å². The van der Waals surface area contributed by atoms with Crippen molar-refractivity contribution in [3.05, 3.63) is 94.1 Å². The Kier molecular flexibility index (Phi) is 24.8. The quantitative estimate of drug-likeness (QED) is 0.0461. The predicted octanol–water partition coefficient (Wildman–Crippen LogP) is 13.6. The predicted molar refractivity (Wildman–Crippen MR) is 229 cm³/mol. The second kappa shape index (κ2) is 30.1. The Balaban J connectivity index is 1.30. The Labute approximate surface area is 337 Å². The van der Waals surface area contributed by atoms with E-state index < -0.39 is 17.4 Å². The summed E-state index contributed by atoms with van der Waals surface area (Å²) in [4.78, 5) is 38.3. The van der Waals surface area contributed by atoms with E-state index in [4.69, 9.17) is 18.9 Å². The SMILES string of the molecule is CCCCCCCCCCCCCCOc1ccc(C(=O)Oc2ccc(OC(=O)c3ccc(OCCCCCCCCCCCCCC)cc3)c(=O)cc2)cc1. The van der Waals surface area contributed by atoms with Gasteiger partial charge in [0.15, 0.2) is 5.75 Å². The van der Waals surface area contributed by atoms with Crippen LogP contribution in [0.2, 0.25) is 0 Å². The number of esters is 2. The van der Waals surface area contributed by atoms with E-state index >= 15 is 0 Å². The Hall–Kier alpha value is -4.13. The fourth-order valence-electron chi connectivity index (χ4n) is 6.65. The fourth-order valence-corrected chi connectivity index (χ4v) is 6.65. The van der Waals surface area contributed by atoms with E-state index in [1.54, 1.807) is 48.5 Å². The Morgan fingerprint density at radius 1 is 0.375 bits per heavy atom. The summed E-state index contributed by atoms with van der Waals surface area (Å²) in [5.74, 6) is 0.130. The van der Waals surface area contributed by atoms with Gasteiger partial charge in [-0.2, -0.15) is 0 Å². The number of ether oxygens (including phenoxy) is 4. The van der Waals surface area contributed by atoms with E-state index in [1.807, 2.05) is 0 Å². The Morgan fingerprint density at radius 2 is 0.696 bits per heavy atom. The molecule has 3 aromatic carbocycles. The first-order valence-corrected chi connectivity index (χ1v) is 22.0. The van der Waals surface area contributed by atoms with Gasteiger partial charge >= 0.3 is 11.9 Å². The number of carbonyl (C=O) groups is 2. The summed E-state index contributed by atoms with van der Waals surface area (Å²) in [5.41, 5.74) is 0.129. The van der Waals surface area contributed by atoms with Gasteiger partial charge in [-0.15, -0.1) is 0 Å². The lowest BCUT2D eigenvalue weighted by Crippen LogP contribution is -2.13. The van der Waals surface area contributed by atoms with E-state index in [0.29, 0.717) is 35.8 Å². The Morgan fingerprint density at radius 3 is 1.09 bits per heavy atom. The maximum absolute atomic E-state index is 12.8. The van der Waals surface area contributed by atoms with Crippen molar-refractivity contribution in [2.24, 2.45) is 0 Å². The highest BCUT2D eigenvalue weighted by Gasteiger charge is 2.13. The third kappa shape index (κ3) is 20.7. The average molecular weight is 771 g/mol. The molecule has 0 saturated carbocycles. The van der Waals surface area contributed by atoms with E-state index in [2.05, 4.69) is 13.8 Å². The zero-order valence-electron chi connectivity index (χ0n) is 34.7. The van der Waals surface area contributed by atoms with Crippen LogP contribution in [0, 0.1) is 0 Å². The molecule has 308 valence electrons. The van der Waals surface area contributed by atoms with Crippen molar-refractivity contribution < 1.29 is 28.5 Å². The molecule has 0 atom stereocenters. The molecule has 0 aromatic heterocycles. The molecule has 3 aromatic rings. The molecule has 3 rings (SSSR count). The molecule has 0 amide bonds. The monoisotopic (exact) mass is 771 g/mol. The van der Waals surface area contributed by atoms with E-state index in [0.717, 1.165) is 25.7 Å². The van der Waals surface area contributed by atoms with Crippen LogP contribution in [0.3, 0.4) is 0 Å². The highest BCUT2D eigenvalue weighted by atomic mass is 16.5. The van der Waals surface area contributed by atoms with E-state index in [1.165, 1.54) is 153 Å². The topological polar surface area (TPSA) is 88.1 Å². The minimum absolute atomic E-state index is 0.149. The molecule has 7 heteroatoms. The minimum Gasteiger partial charge on any atom is -0.494 e. The smallest absolute Gasteiger partial charge is 0.343 e. The molecule has 56 heavy (non-hydrogen) atoms. The first kappa shape index (κ1) is 46.3. The molecule has 0 aliphatic carbocycles. The standard InChI is InChI=1S/C49H70O7/c1-3-5-7-9-11-13-15-17-19-21-23-25-39-53-43-31-27-41(28-32-43)48(51)55-45-35-37-46(50)47(38-36-45)56-49(52)42-29-33-44(34-30-42)54-40-26-24-22-20-18-16-14-12-10-8-6-4-2/h27-38H,3-26,39-40H2,1-2H3. The fraction of sp³-hybridized carbons (Fsp3) is 0.571. The van der Waals surface area contributed by atoms with Crippen LogP contribution in [0.15, 0.2) is 77.6 Å². The van der Waals surface area contributed by atoms with Gasteiger partial charge in [0.1, 0.15) is 17.2 Å². The van der Waals surface area contributed by atoms with Gasteiger partial charge in [0.05, 0.1) is 24.3 Å². The largest absolute Gasteiger partial charge is 0.494 e. The van der Waals surface area contributed by atoms with Crippen molar-refractivity contribution >= 4 is 11.9 Å². The van der Waals surface area contributed by atoms with Crippen molar-refractivity contribution in [2.75, 3.05) is 13.2 Å². The molecule has 0 heterocycles. The zero-order chi connectivity index (χ0) is 39.9. The summed E-state index contributed by atoms with van der Waals surface area (Å²) in [5, 5.41) is 0. The average Bonchev–Trinajstić information content (AvgIpc) is 3.38. The summed E-state index contributed by atoms with van der Waals surface area (Å²) in [6.45, 7) is 5.79. The second-order valence-corrected chi connectivity index (χ2v) is 15.1. The molecule has 0 radical (unpaired) electrons. The van der Waals surface area contributed by atoms with Crippen LogP contribution in [0.5, 0.6) is 23.0 Å². The number of unbranched alkanes of at least 4 members (excludes halogenated alkanes) is 22. The lowest BCUT2D eigenvalue weighted by atomic mass is 10.1. The molecule has 0 N–H and O–H groups in total. The minimum atomic E-state index is -0.666. The molecule has 0 aliphatic rings. The lowest BCUT2D eigenvalue weighted by molar-refractivity contribution is 0.0722. The normalized spacial score (nSPS) is 11.0. The molecule has 7 nitrogen and oxygen atoms in total. The molecule has 0 saturated heterocycles. The van der Waals surface area contributed by atoms with Crippen molar-refractivity contribution in [3.63, 3.8) is 0 Å². The number of hydrogen-bond acceptors (Lipinski definition) is 7. The number of hydrogen-bond donors (Lipinski definition) is 0. The first-order chi connectivity index (χ1) is 27.5. The van der Waals surface area contributed by atoms with Gasteiger partial charge in [-0.25, -0.2) is 9.59 Å². The third-order valence-corrected chi connectivity index (χ3v) is 10.2. The number of carbonyl (C=O) groups excluding carboxylic acids is 2. The van der Waals surface area contributed by atoms with Gasteiger partial charge in [-0.1, -0.05) is 155 Å². The molecule has 0 fully saturated rings. The first-order valence-electron chi connectivity index (χ1n) is 22.0. The second-order valence-electron chi connectivity index (χ2n) is 15.1. The molecular formula is C49H70O7. The summed E-state index contributed by atoms with van der Waals surface area (Å²) >= 11 is 0. The summed E-state index contributed by atoms with van der Waals surface area (Å²) < 4.78 is 22.7. The van der Waals surface area contributed by atoms with Gasteiger partial charge in [-0.05, 0) is 85.6 Å². The van der Waals surface area contributed by atoms with Crippen molar-refractivity contribution in [1.29, 1.82) is 0 Å². The Bertz CT molecular complexity index is 1530. The van der Waals surface area contributed by atoms with Crippen LogP contribution >= 0.6 is 0 Å². The van der Waals surface area contributed by atoms with Crippen LogP contribution in [0.4, 0.5) is 0 Å². The molecule has 0 unspecified atom stereocenters. The van der Waals surface area contributed by atoms with Crippen LogP contribution < -0.4 is 24.4 Å². The molecule has 0 aliphatic heterocycles. The third-order valence-electron chi connectivity index (χ3n) is 10.2. The van der Waals surface area contributed by atoms with Gasteiger partial charge in [0.25, 0.3) is 0 Å². The number of rotatable bonds is 32.